The van der Waals surface area contributed by atoms with Crippen molar-refractivity contribution in [3.05, 3.63) is 102 Å². The lowest BCUT2D eigenvalue weighted by molar-refractivity contribution is 0.102. The minimum Gasteiger partial charge on any atom is -0.321 e. The third kappa shape index (κ3) is 3.95. The summed E-state index contributed by atoms with van der Waals surface area (Å²) in [6.45, 7) is 1.87. The summed E-state index contributed by atoms with van der Waals surface area (Å²) in [4.78, 5) is 18.2. The molecule has 0 aliphatic rings. The van der Waals surface area contributed by atoms with Crippen molar-refractivity contribution in [2.45, 2.75) is 11.8 Å². The second kappa shape index (κ2) is 8.82. The summed E-state index contributed by atoms with van der Waals surface area (Å²) in [5.74, 6) is -0.258. The van der Waals surface area contributed by atoms with Crippen LogP contribution in [0.3, 0.4) is 0 Å². The van der Waals surface area contributed by atoms with E-state index in [0.717, 1.165) is 10.0 Å². The van der Waals surface area contributed by atoms with Crippen LogP contribution in [0.25, 0.3) is 10.8 Å². The first kappa shape index (κ1) is 21.5. The maximum Gasteiger partial charge on any atom is 0.287 e. The molecular formula is C25H22N2O4S. The molecule has 0 fully saturated rings. The van der Waals surface area contributed by atoms with E-state index < -0.39 is 10.0 Å². The molecule has 0 saturated heterocycles. The van der Waals surface area contributed by atoms with E-state index in [9.17, 15) is 13.2 Å². The lowest BCUT2D eigenvalue weighted by Crippen LogP contribution is -2.30. The van der Waals surface area contributed by atoms with Crippen LogP contribution in [0, 0.1) is 6.92 Å². The summed E-state index contributed by atoms with van der Waals surface area (Å²) < 4.78 is 27.9. The molecule has 4 rings (SSSR count). The van der Waals surface area contributed by atoms with Crippen molar-refractivity contribution >= 4 is 38.1 Å². The van der Waals surface area contributed by atoms with E-state index in [-0.39, 0.29) is 10.8 Å². The first-order valence-electron chi connectivity index (χ1n) is 9.96. The maximum absolute atomic E-state index is 13.5. The van der Waals surface area contributed by atoms with Crippen molar-refractivity contribution in [2.24, 2.45) is 0 Å². The Balaban J connectivity index is 1.79. The highest BCUT2D eigenvalue weighted by atomic mass is 32.2. The van der Waals surface area contributed by atoms with Gasteiger partial charge in [-0.05, 0) is 42.8 Å². The minimum atomic E-state index is -4.04. The van der Waals surface area contributed by atoms with Gasteiger partial charge in [0.05, 0.1) is 17.7 Å². The molecule has 4 aromatic rings. The van der Waals surface area contributed by atoms with Gasteiger partial charge in [0.15, 0.2) is 0 Å². The van der Waals surface area contributed by atoms with Crippen LogP contribution in [0.15, 0.2) is 95.9 Å². The molecule has 0 unspecified atom stereocenters. The number of amides is 1. The Bertz CT molecular complexity index is 1390. The number of benzene rings is 4. The number of sulfonamides is 1. The topological polar surface area (TPSA) is 75.7 Å². The van der Waals surface area contributed by atoms with Crippen LogP contribution < -0.4 is 9.79 Å². The molecule has 1 amide bonds. The monoisotopic (exact) mass is 446 g/mol. The van der Waals surface area contributed by atoms with E-state index in [1.807, 2.05) is 19.1 Å². The number of carbonyl (C=O) groups excluding carboxylic acids is 1. The molecule has 0 aliphatic heterocycles. The van der Waals surface area contributed by atoms with Crippen molar-refractivity contribution in [3.8, 4) is 0 Å². The van der Waals surface area contributed by atoms with Gasteiger partial charge in [-0.1, -0.05) is 60.7 Å². The summed E-state index contributed by atoms with van der Waals surface area (Å²) in [7, 11) is -2.73. The predicted molar refractivity (Wildman–Crippen MR) is 126 cm³/mol. The maximum atomic E-state index is 13.5. The van der Waals surface area contributed by atoms with Crippen LogP contribution in [-0.2, 0) is 14.9 Å². The second-order valence-electron chi connectivity index (χ2n) is 7.18. The van der Waals surface area contributed by atoms with Crippen LogP contribution in [0.1, 0.15) is 15.9 Å². The van der Waals surface area contributed by atoms with Crippen molar-refractivity contribution < 1.29 is 18.0 Å². The third-order valence-corrected chi connectivity index (χ3v) is 6.86. The van der Waals surface area contributed by atoms with E-state index in [0.29, 0.717) is 27.7 Å². The zero-order chi connectivity index (χ0) is 22.7. The number of rotatable bonds is 6. The van der Waals surface area contributed by atoms with Crippen LogP contribution in [0.5, 0.6) is 0 Å². The molecule has 4 aromatic carbocycles. The van der Waals surface area contributed by atoms with Gasteiger partial charge >= 0.3 is 0 Å². The molecule has 0 spiro atoms. The molecule has 0 radical (unpaired) electrons. The van der Waals surface area contributed by atoms with Gasteiger partial charge in [-0.15, -0.1) is 4.47 Å². The van der Waals surface area contributed by atoms with Gasteiger partial charge < -0.3 is 5.32 Å². The number of anilines is 2. The zero-order valence-corrected chi connectivity index (χ0v) is 18.5. The number of fused-ring (bicyclic) bond motifs is 1. The average molecular weight is 447 g/mol. The lowest BCUT2D eigenvalue weighted by Gasteiger charge is -2.22. The standard InChI is InChI=1S/C25H22N2O4S/c1-18-10-6-7-13-20(18)25(28)26-23-16-17-24(22-15-9-8-14-21(22)23)32(29,30)27(31-2)19-11-4-3-5-12-19/h3-17H,1-2H3,(H,26,28). The fraction of sp³-hybridized carbons (Fsp3) is 0.0800. The van der Waals surface area contributed by atoms with E-state index in [2.05, 4.69) is 5.32 Å². The molecule has 0 aromatic heterocycles. The van der Waals surface area contributed by atoms with Gasteiger partial charge in [0, 0.05) is 22.0 Å². The first-order valence-corrected chi connectivity index (χ1v) is 11.4. The molecule has 6 nitrogen and oxygen atoms in total. The number of nitrogens with zero attached hydrogens (tertiary/aromatic N) is 1. The number of hydrogen-bond donors (Lipinski definition) is 1. The highest BCUT2D eigenvalue weighted by Gasteiger charge is 2.28. The number of nitrogens with one attached hydrogen (secondary N) is 1. The Morgan fingerprint density at radius 2 is 1.44 bits per heavy atom. The van der Waals surface area contributed by atoms with Crippen molar-refractivity contribution in [3.63, 3.8) is 0 Å². The van der Waals surface area contributed by atoms with Crippen LogP contribution in [-0.4, -0.2) is 21.4 Å². The van der Waals surface area contributed by atoms with E-state index in [1.165, 1.54) is 13.2 Å². The fourth-order valence-electron chi connectivity index (χ4n) is 3.60. The zero-order valence-electron chi connectivity index (χ0n) is 17.6. The smallest absolute Gasteiger partial charge is 0.287 e. The fourth-order valence-corrected chi connectivity index (χ4v) is 5.07. The molecule has 7 heteroatoms. The molecule has 32 heavy (non-hydrogen) atoms. The van der Waals surface area contributed by atoms with Gasteiger partial charge in [0.1, 0.15) is 0 Å². The molecular weight excluding hydrogens is 424 g/mol. The Hall–Kier alpha value is -3.68. The largest absolute Gasteiger partial charge is 0.321 e. The quantitative estimate of drug-likeness (QED) is 0.415. The van der Waals surface area contributed by atoms with Gasteiger partial charge in [0.2, 0.25) is 0 Å². The molecule has 0 heterocycles. The Morgan fingerprint density at radius 3 is 2.12 bits per heavy atom. The summed E-state index contributed by atoms with van der Waals surface area (Å²) >= 11 is 0. The molecule has 1 N–H and O–H groups in total. The van der Waals surface area contributed by atoms with Crippen LogP contribution >= 0.6 is 0 Å². The average Bonchev–Trinajstić information content (AvgIpc) is 2.80. The van der Waals surface area contributed by atoms with Crippen LogP contribution in [0.4, 0.5) is 11.4 Å². The Labute approximate surface area is 187 Å². The SMILES string of the molecule is CON(c1ccccc1)S(=O)(=O)c1ccc(NC(=O)c2ccccc2C)c2ccccc12. The second-order valence-corrected chi connectivity index (χ2v) is 8.90. The number of para-hydroxylation sites is 1. The molecule has 0 saturated carbocycles. The van der Waals surface area contributed by atoms with Gasteiger partial charge in [-0.3, -0.25) is 9.63 Å². The molecule has 162 valence electrons. The summed E-state index contributed by atoms with van der Waals surface area (Å²) in [6.07, 6.45) is 0. The molecule has 0 bridgehead atoms. The predicted octanol–water partition coefficient (Wildman–Crippen LogP) is 5.16. The highest BCUT2D eigenvalue weighted by molar-refractivity contribution is 7.92. The first-order chi connectivity index (χ1) is 15.4. The number of aryl methyl sites for hydroxylation is 1. The number of carbonyl (C=O) groups is 1. The minimum absolute atomic E-state index is 0.0766. The lowest BCUT2D eigenvalue weighted by atomic mass is 10.1. The van der Waals surface area contributed by atoms with Crippen molar-refractivity contribution in [1.82, 2.24) is 0 Å². The normalized spacial score (nSPS) is 11.3. The van der Waals surface area contributed by atoms with Gasteiger partial charge in [-0.25, -0.2) is 0 Å². The van der Waals surface area contributed by atoms with Crippen molar-refractivity contribution in [2.75, 3.05) is 16.9 Å². The summed E-state index contributed by atoms with van der Waals surface area (Å²) in [5.41, 5.74) is 2.32. The van der Waals surface area contributed by atoms with Gasteiger partial charge in [-0.2, -0.15) is 8.42 Å². The van der Waals surface area contributed by atoms with Crippen LogP contribution in [0.2, 0.25) is 0 Å². The molecule has 0 atom stereocenters. The van der Waals surface area contributed by atoms with E-state index in [4.69, 9.17) is 4.84 Å². The van der Waals surface area contributed by atoms with E-state index in [1.54, 1.807) is 72.8 Å². The third-order valence-electron chi connectivity index (χ3n) is 5.15. The molecule has 0 aliphatic carbocycles. The summed E-state index contributed by atoms with van der Waals surface area (Å²) in [6, 6.07) is 26.0. The van der Waals surface area contributed by atoms with Gasteiger partial charge in [0.25, 0.3) is 15.9 Å². The number of hydrogen-bond acceptors (Lipinski definition) is 4. The summed E-state index contributed by atoms with van der Waals surface area (Å²) in [5, 5.41) is 4.01. The Kier molecular flexibility index (Phi) is 5.94. The van der Waals surface area contributed by atoms with E-state index >= 15 is 0 Å². The Morgan fingerprint density at radius 1 is 0.812 bits per heavy atom. The highest BCUT2D eigenvalue weighted by Crippen LogP contribution is 2.33. The van der Waals surface area contributed by atoms with Crippen molar-refractivity contribution in [1.29, 1.82) is 0 Å².